The van der Waals surface area contributed by atoms with Gasteiger partial charge in [0.05, 0.1) is 18.0 Å². The number of nitrogens with zero attached hydrogens (tertiary/aromatic N) is 1. The molecular weight excluding hydrogens is 506 g/mol. The molecule has 0 atom stereocenters. The van der Waals surface area contributed by atoms with E-state index in [4.69, 9.17) is 9.47 Å². The van der Waals surface area contributed by atoms with Crippen LogP contribution in [0.3, 0.4) is 0 Å². The van der Waals surface area contributed by atoms with Crippen molar-refractivity contribution in [3.8, 4) is 11.5 Å². The van der Waals surface area contributed by atoms with Crippen LogP contribution in [0.2, 0.25) is 0 Å². The zero-order chi connectivity index (χ0) is 21.4. The van der Waals surface area contributed by atoms with E-state index in [2.05, 4.69) is 47.7 Å². The topological polar surface area (TPSA) is 89.0 Å². The number of halogens is 2. The Morgan fingerprint density at radius 3 is 2.41 bits per heavy atom. The summed E-state index contributed by atoms with van der Waals surface area (Å²) in [5.74, 6) is 0.597. The lowest BCUT2D eigenvalue weighted by Gasteiger charge is -2.10. The molecule has 2 amide bonds. The van der Waals surface area contributed by atoms with Gasteiger partial charge >= 0.3 is 0 Å². The molecule has 2 rings (SSSR count). The maximum atomic E-state index is 12.1. The maximum absolute atomic E-state index is 12.1. The van der Waals surface area contributed by atoms with Gasteiger partial charge in [-0.2, -0.15) is 5.10 Å². The van der Waals surface area contributed by atoms with Crippen LogP contribution in [-0.4, -0.2) is 31.2 Å². The van der Waals surface area contributed by atoms with Gasteiger partial charge in [-0.25, -0.2) is 5.43 Å². The fourth-order valence-electron chi connectivity index (χ4n) is 2.23. The second-order valence-electron chi connectivity index (χ2n) is 6.16. The lowest BCUT2D eigenvalue weighted by molar-refractivity contribution is -0.123. The van der Waals surface area contributed by atoms with Crippen molar-refractivity contribution in [2.45, 2.75) is 20.3 Å². The molecule has 0 spiro atoms. The van der Waals surface area contributed by atoms with Crippen molar-refractivity contribution in [1.29, 1.82) is 0 Å². The Morgan fingerprint density at radius 1 is 1.07 bits per heavy atom. The molecule has 0 aliphatic carbocycles. The van der Waals surface area contributed by atoms with Gasteiger partial charge < -0.3 is 14.8 Å². The van der Waals surface area contributed by atoms with Crippen LogP contribution >= 0.6 is 31.9 Å². The number of hydrogen-bond donors (Lipinski definition) is 2. The van der Waals surface area contributed by atoms with Gasteiger partial charge in [-0.05, 0) is 71.7 Å². The molecule has 0 fully saturated rings. The average Bonchev–Trinajstić information content (AvgIpc) is 2.68. The van der Waals surface area contributed by atoms with Crippen LogP contribution in [0.25, 0.3) is 0 Å². The van der Waals surface area contributed by atoms with E-state index in [1.807, 2.05) is 19.1 Å². The van der Waals surface area contributed by atoms with Crippen molar-refractivity contribution < 1.29 is 19.1 Å². The van der Waals surface area contributed by atoms with E-state index in [0.29, 0.717) is 22.9 Å². The first-order valence-electron chi connectivity index (χ1n) is 8.63. The number of nitrogens with one attached hydrogen (secondary N) is 2. The number of aryl methyl sites for hydroxylation is 1. The summed E-state index contributed by atoms with van der Waals surface area (Å²) >= 11 is 6.82. The number of ether oxygens (including phenoxy) is 2. The molecule has 2 aromatic rings. The lowest BCUT2D eigenvalue weighted by atomic mass is 10.2. The quantitative estimate of drug-likeness (QED) is 0.393. The van der Waals surface area contributed by atoms with Crippen LogP contribution in [0.15, 0.2) is 50.4 Å². The molecule has 154 valence electrons. The first-order valence-corrected chi connectivity index (χ1v) is 10.2. The standard InChI is InChI=1S/C20H21Br2N3O4/c1-12-8-18(17(22)10-16(12)21)29-11-20(27)25-24-13(2)9-19(26)23-14-4-6-15(28-3)7-5-14/h4-8,10H,9,11H2,1-3H3,(H,23,26)(H,25,27)/b24-13-. The highest BCUT2D eigenvalue weighted by Gasteiger charge is 2.09. The number of carbonyl (C=O) groups excluding carboxylic acids is 2. The molecule has 29 heavy (non-hydrogen) atoms. The molecule has 0 saturated heterocycles. The van der Waals surface area contributed by atoms with Crippen molar-refractivity contribution in [2.75, 3.05) is 19.0 Å². The Morgan fingerprint density at radius 2 is 1.76 bits per heavy atom. The molecule has 0 heterocycles. The lowest BCUT2D eigenvalue weighted by Crippen LogP contribution is -2.26. The van der Waals surface area contributed by atoms with Crippen LogP contribution < -0.4 is 20.2 Å². The second kappa shape index (κ2) is 11.0. The fourth-order valence-corrected chi connectivity index (χ4v) is 3.33. The van der Waals surface area contributed by atoms with Gasteiger partial charge in [-0.15, -0.1) is 0 Å². The highest BCUT2D eigenvalue weighted by atomic mass is 79.9. The Labute approximate surface area is 186 Å². The molecule has 0 aliphatic heterocycles. The summed E-state index contributed by atoms with van der Waals surface area (Å²) in [6.45, 7) is 3.38. The summed E-state index contributed by atoms with van der Waals surface area (Å²) in [7, 11) is 1.57. The Bertz CT molecular complexity index is 915. The van der Waals surface area contributed by atoms with E-state index >= 15 is 0 Å². The molecule has 0 aromatic heterocycles. The first-order chi connectivity index (χ1) is 13.8. The second-order valence-corrected chi connectivity index (χ2v) is 7.86. The molecule has 0 bridgehead atoms. The van der Waals surface area contributed by atoms with E-state index in [1.54, 1.807) is 38.3 Å². The normalized spacial score (nSPS) is 11.0. The largest absolute Gasteiger partial charge is 0.497 e. The van der Waals surface area contributed by atoms with Crippen molar-refractivity contribution in [2.24, 2.45) is 5.10 Å². The SMILES string of the molecule is COc1ccc(NC(=O)C/C(C)=N\NC(=O)COc2cc(C)c(Br)cc2Br)cc1. The number of rotatable bonds is 8. The van der Waals surface area contributed by atoms with Crippen LogP contribution in [-0.2, 0) is 9.59 Å². The number of hydrazone groups is 1. The average molecular weight is 527 g/mol. The van der Waals surface area contributed by atoms with Crippen LogP contribution in [0.4, 0.5) is 5.69 Å². The van der Waals surface area contributed by atoms with Gasteiger partial charge in [0.1, 0.15) is 11.5 Å². The van der Waals surface area contributed by atoms with Crippen molar-refractivity contribution in [3.63, 3.8) is 0 Å². The van der Waals surface area contributed by atoms with E-state index in [0.717, 1.165) is 14.5 Å². The Kier molecular flexibility index (Phi) is 8.66. The molecular formula is C20H21Br2N3O4. The van der Waals surface area contributed by atoms with E-state index in [-0.39, 0.29) is 18.9 Å². The predicted molar refractivity (Wildman–Crippen MR) is 120 cm³/mol. The number of benzene rings is 2. The number of anilines is 1. The minimum absolute atomic E-state index is 0.0463. The van der Waals surface area contributed by atoms with Gasteiger partial charge in [0, 0.05) is 15.9 Å². The third-order valence-corrected chi connectivity index (χ3v) is 5.21. The van der Waals surface area contributed by atoms with E-state index in [1.165, 1.54) is 0 Å². The predicted octanol–water partition coefficient (Wildman–Crippen LogP) is 4.43. The third kappa shape index (κ3) is 7.51. The maximum Gasteiger partial charge on any atom is 0.277 e. The molecule has 0 saturated carbocycles. The third-order valence-electron chi connectivity index (χ3n) is 3.73. The van der Waals surface area contributed by atoms with E-state index in [9.17, 15) is 9.59 Å². The number of carbonyl (C=O) groups is 2. The molecule has 9 heteroatoms. The smallest absolute Gasteiger partial charge is 0.277 e. The van der Waals surface area contributed by atoms with Gasteiger partial charge in [-0.1, -0.05) is 15.9 Å². The molecule has 2 N–H and O–H groups in total. The van der Waals surface area contributed by atoms with Crippen LogP contribution in [0, 0.1) is 6.92 Å². The van der Waals surface area contributed by atoms with E-state index < -0.39 is 5.91 Å². The first kappa shape index (κ1) is 22.9. The molecule has 0 aliphatic rings. The molecule has 0 radical (unpaired) electrons. The highest BCUT2D eigenvalue weighted by molar-refractivity contribution is 9.11. The Balaban J connectivity index is 1.80. The van der Waals surface area contributed by atoms with Crippen molar-refractivity contribution in [3.05, 3.63) is 50.9 Å². The fraction of sp³-hybridized carbons (Fsp3) is 0.250. The summed E-state index contributed by atoms with van der Waals surface area (Å²) in [6.07, 6.45) is 0.0463. The van der Waals surface area contributed by atoms with Crippen molar-refractivity contribution >= 4 is 55.1 Å². The van der Waals surface area contributed by atoms with Crippen molar-refractivity contribution in [1.82, 2.24) is 5.43 Å². The minimum atomic E-state index is -0.424. The molecule has 0 unspecified atom stereocenters. The molecule has 2 aromatic carbocycles. The zero-order valence-corrected chi connectivity index (χ0v) is 19.4. The monoisotopic (exact) mass is 525 g/mol. The number of methoxy groups -OCH3 is 1. The number of hydrogen-bond acceptors (Lipinski definition) is 5. The summed E-state index contributed by atoms with van der Waals surface area (Å²) in [4.78, 5) is 24.0. The highest BCUT2D eigenvalue weighted by Crippen LogP contribution is 2.31. The summed E-state index contributed by atoms with van der Waals surface area (Å²) in [5, 5.41) is 6.69. The Hall–Kier alpha value is -2.39. The number of amides is 2. The zero-order valence-electron chi connectivity index (χ0n) is 16.2. The summed E-state index contributed by atoms with van der Waals surface area (Å²) < 4.78 is 12.3. The molecule has 7 nitrogen and oxygen atoms in total. The van der Waals surface area contributed by atoms with Crippen LogP contribution in [0.1, 0.15) is 18.9 Å². The van der Waals surface area contributed by atoms with Gasteiger partial charge in [0.15, 0.2) is 6.61 Å². The minimum Gasteiger partial charge on any atom is -0.497 e. The van der Waals surface area contributed by atoms with Gasteiger partial charge in [-0.3, -0.25) is 9.59 Å². The van der Waals surface area contributed by atoms with Crippen LogP contribution in [0.5, 0.6) is 11.5 Å². The summed E-state index contributed by atoms with van der Waals surface area (Å²) in [6, 6.07) is 10.7. The summed E-state index contributed by atoms with van der Waals surface area (Å²) in [5.41, 5.74) is 4.48. The van der Waals surface area contributed by atoms with Gasteiger partial charge in [0.25, 0.3) is 5.91 Å². The van der Waals surface area contributed by atoms with Gasteiger partial charge in [0.2, 0.25) is 5.91 Å².